The average molecular weight is 472 g/mol. The second kappa shape index (κ2) is 11.2. The number of quaternary nitrogens is 1. The zero-order chi connectivity index (χ0) is 21.5. The molecule has 1 aromatic rings. The SMILES string of the molecule is CC(=O)NC1=CC=C(SCC(=O)NCC2CN(Cc3ccc(Cl)c(Cl)c3)CCO2)[NH2+]1. The molecule has 162 valence electrons. The summed E-state index contributed by atoms with van der Waals surface area (Å²) in [4.78, 5) is 25.5. The van der Waals surface area contributed by atoms with E-state index in [0.29, 0.717) is 28.9 Å². The number of allylic oxidation sites excluding steroid dienone is 2. The van der Waals surface area contributed by atoms with Crippen LogP contribution in [0.2, 0.25) is 10.0 Å². The van der Waals surface area contributed by atoms with Crippen molar-refractivity contribution in [1.82, 2.24) is 15.5 Å². The van der Waals surface area contributed by atoms with E-state index in [1.54, 1.807) is 6.07 Å². The molecule has 0 bridgehead atoms. The van der Waals surface area contributed by atoms with E-state index < -0.39 is 0 Å². The quantitative estimate of drug-likeness (QED) is 0.533. The smallest absolute Gasteiger partial charge is 0.230 e. The Morgan fingerprint density at radius 2 is 2.13 bits per heavy atom. The Bertz CT molecular complexity index is 862. The molecule has 1 saturated heterocycles. The van der Waals surface area contributed by atoms with Gasteiger partial charge in [0, 0.05) is 45.3 Å². The lowest BCUT2D eigenvalue weighted by Gasteiger charge is -2.33. The molecule has 2 aliphatic heterocycles. The minimum absolute atomic E-state index is 0.0486. The molecular weight excluding hydrogens is 447 g/mol. The molecule has 1 fully saturated rings. The summed E-state index contributed by atoms with van der Waals surface area (Å²) >= 11 is 13.5. The highest BCUT2D eigenvalue weighted by Gasteiger charge is 2.22. The van der Waals surface area contributed by atoms with Crippen molar-refractivity contribution in [3.8, 4) is 0 Å². The van der Waals surface area contributed by atoms with Gasteiger partial charge in [0.1, 0.15) is 0 Å². The van der Waals surface area contributed by atoms with Crippen molar-refractivity contribution in [2.75, 3.05) is 32.0 Å². The van der Waals surface area contributed by atoms with Crippen LogP contribution in [0, 0.1) is 0 Å². The van der Waals surface area contributed by atoms with Crippen LogP contribution in [0.5, 0.6) is 0 Å². The third kappa shape index (κ3) is 7.30. The highest BCUT2D eigenvalue weighted by Crippen LogP contribution is 2.23. The molecule has 2 aliphatic rings. The monoisotopic (exact) mass is 471 g/mol. The lowest BCUT2D eigenvalue weighted by atomic mass is 10.2. The first-order valence-electron chi connectivity index (χ1n) is 9.61. The second-order valence-corrected chi connectivity index (χ2v) is 8.95. The molecule has 10 heteroatoms. The largest absolute Gasteiger partial charge is 0.374 e. The molecule has 2 amide bonds. The van der Waals surface area contributed by atoms with E-state index in [1.807, 2.05) is 29.6 Å². The highest BCUT2D eigenvalue weighted by molar-refractivity contribution is 8.03. The van der Waals surface area contributed by atoms with Gasteiger partial charge in [-0.25, -0.2) is 0 Å². The maximum Gasteiger partial charge on any atom is 0.230 e. The van der Waals surface area contributed by atoms with Crippen LogP contribution < -0.4 is 16.0 Å². The van der Waals surface area contributed by atoms with Gasteiger partial charge in [0.15, 0.2) is 5.03 Å². The molecule has 0 spiro atoms. The Kier molecular flexibility index (Phi) is 8.61. The molecule has 0 aromatic heterocycles. The Morgan fingerprint density at radius 1 is 1.30 bits per heavy atom. The van der Waals surface area contributed by atoms with E-state index in [-0.39, 0.29) is 17.9 Å². The number of hydrogen-bond donors (Lipinski definition) is 3. The predicted octanol–water partition coefficient (Wildman–Crippen LogP) is 1.44. The minimum atomic E-state index is -0.115. The van der Waals surface area contributed by atoms with Gasteiger partial charge in [0.05, 0.1) is 28.5 Å². The molecule has 1 aromatic carbocycles. The van der Waals surface area contributed by atoms with E-state index in [9.17, 15) is 9.59 Å². The summed E-state index contributed by atoms with van der Waals surface area (Å²) in [5, 5.41) is 9.56. The fraction of sp³-hybridized carbons (Fsp3) is 0.400. The van der Waals surface area contributed by atoms with E-state index >= 15 is 0 Å². The zero-order valence-electron chi connectivity index (χ0n) is 16.6. The minimum Gasteiger partial charge on any atom is -0.374 e. The lowest BCUT2D eigenvalue weighted by molar-refractivity contribution is -0.542. The molecule has 30 heavy (non-hydrogen) atoms. The molecule has 0 aliphatic carbocycles. The van der Waals surface area contributed by atoms with E-state index in [2.05, 4.69) is 15.5 Å². The van der Waals surface area contributed by atoms with Crippen LogP contribution in [0.3, 0.4) is 0 Å². The summed E-state index contributed by atoms with van der Waals surface area (Å²) in [6.45, 7) is 4.87. The number of amides is 2. The number of halogens is 2. The van der Waals surface area contributed by atoms with Gasteiger partial charge in [0.25, 0.3) is 0 Å². The number of hydrogen-bond acceptors (Lipinski definition) is 5. The van der Waals surface area contributed by atoms with Gasteiger partial charge in [-0.1, -0.05) is 41.0 Å². The van der Waals surface area contributed by atoms with Gasteiger partial charge >= 0.3 is 0 Å². The van der Waals surface area contributed by atoms with E-state index in [4.69, 9.17) is 27.9 Å². The molecule has 7 nitrogen and oxygen atoms in total. The summed E-state index contributed by atoms with van der Waals surface area (Å²) < 4.78 is 5.79. The third-order valence-electron chi connectivity index (χ3n) is 4.56. The van der Waals surface area contributed by atoms with Crippen LogP contribution in [0.15, 0.2) is 41.2 Å². The van der Waals surface area contributed by atoms with Crippen molar-refractivity contribution in [2.45, 2.75) is 19.6 Å². The summed E-state index contributed by atoms with van der Waals surface area (Å²) in [7, 11) is 0. The Hall–Kier alpha value is -1.55. The fourth-order valence-electron chi connectivity index (χ4n) is 3.16. The van der Waals surface area contributed by atoms with Crippen LogP contribution in [-0.4, -0.2) is 54.8 Å². The van der Waals surface area contributed by atoms with Gasteiger partial charge < -0.3 is 10.1 Å². The van der Waals surface area contributed by atoms with Crippen molar-refractivity contribution >= 4 is 46.8 Å². The molecular formula is C20H25Cl2N4O3S+. The Balaban J connectivity index is 1.35. The molecule has 3 rings (SSSR count). The van der Waals surface area contributed by atoms with Crippen LogP contribution in [0.1, 0.15) is 12.5 Å². The number of benzene rings is 1. The van der Waals surface area contributed by atoms with Crippen molar-refractivity contribution in [3.63, 3.8) is 0 Å². The Morgan fingerprint density at radius 3 is 2.90 bits per heavy atom. The molecule has 2 heterocycles. The molecule has 0 saturated carbocycles. The second-order valence-electron chi connectivity index (χ2n) is 7.09. The van der Waals surface area contributed by atoms with Crippen LogP contribution >= 0.6 is 35.0 Å². The first-order valence-corrected chi connectivity index (χ1v) is 11.3. The van der Waals surface area contributed by atoms with Crippen molar-refractivity contribution in [3.05, 3.63) is 56.8 Å². The normalized spacial score (nSPS) is 19.2. The Labute approximate surface area is 190 Å². The van der Waals surface area contributed by atoms with Gasteiger partial charge in [-0.2, -0.15) is 0 Å². The van der Waals surface area contributed by atoms with Gasteiger partial charge in [-0.3, -0.25) is 25.1 Å². The van der Waals surface area contributed by atoms with Crippen LogP contribution in [0.25, 0.3) is 0 Å². The third-order valence-corrected chi connectivity index (χ3v) is 6.29. The number of ether oxygens (including phenoxy) is 1. The van der Waals surface area contributed by atoms with Crippen molar-refractivity contribution in [1.29, 1.82) is 0 Å². The van der Waals surface area contributed by atoms with Gasteiger partial charge in [0.2, 0.25) is 17.6 Å². The number of carbonyl (C=O) groups excluding carboxylic acids is 2. The number of nitrogens with zero attached hydrogens (tertiary/aromatic N) is 1. The van der Waals surface area contributed by atoms with Crippen LogP contribution in [-0.2, 0) is 20.9 Å². The number of morpholine rings is 1. The number of rotatable bonds is 8. The number of nitrogens with one attached hydrogen (secondary N) is 2. The fourth-order valence-corrected chi connectivity index (χ4v) is 4.26. The number of carbonyl (C=O) groups is 2. The summed E-state index contributed by atoms with van der Waals surface area (Å²) in [6.07, 6.45) is 3.65. The first-order chi connectivity index (χ1) is 14.4. The van der Waals surface area contributed by atoms with E-state index in [0.717, 1.165) is 36.0 Å². The summed E-state index contributed by atoms with van der Waals surface area (Å²) in [5.41, 5.74) is 1.10. The van der Waals surface area contributed by atoms with Crippen LogP contribution in [0.4, 0.5) is 0 Å². The molecule has 4 N–H and O–H groups in total. The summed E-state index contributed by atoms with van der Waals surface area (Å²) in [6, 6.07) is 5.66. The standard InChI is InChI=1S/C20H24Cl2N4O3S/c1-13(27)24-18-4-5-20(25-18)30-12-19(28)23-9-15-11-26(6-7-29-15)10-14-2-3-16(21)17(22)8-14/h2-5,8,15,25H,6-7,9-12H2,1H3,(H,23,28)(H,24,27)/p+1. The molecule has 0 radical (unpaired) electrons. The number of thioether (sulfide) groups is 1. The molecule has 1 atom stereocenters. The maximum absolute atomic E-state index is 12.2. The topological polar surface area (TPSA) is 87.3 Å². The van der Waals surface area contributed by atoms with Gasteiger partial charge in [-0.05, 0) is 17.7 Å². The predicted molar refractivity (Wildman–Crippen MR) is 119 cm³/mol. The maximum atomic E-state index is 12.2. The lowest BCUT2D eigenvalue weighted by Crippen LogP contribution is -2.80. The number of nitrogens with two attached hydrogens (primary N) is 1. The summed E-state index contributed by atoms with van der Waals surface area (Å²) in [5.74, 6) is 0.884. The average Bonchev–Trinajstić information content (AvgIpc) is 3.14. The zero-order valence-corrected chi connectivity index (χ0v) is 18.9. The van der Waals surface area contributed by atoms with E-state index in [1.165, 1.54) is 18.7 Å². The van der Waals surface area contributed by atoms with Crippen molar-refractivity contribution in [2.24, 2.45) is 0 Å². The molecule has 1 unspecified atom stereocenters. The highest BCUT2D eigenvalue weighted by atomic mass is 35.5. The first kappa shape index (κ1) is 23.1. The van der Waals surface area contributed by atoms with Gasteiger partial charge in [-0.15, -0.1) is 0 Å². The van der Waals surface area contributed by atoms with Crippen molar-refractivity contribution < 1.29 is 19.6 Å².